The molecule has 0 rings (SSSR count). The van der Waals surface area contributed by atoms with Crippen molar-refractivity contribution in [3.05, 3.63) is 12.7 Å². The van der Waals surface area contributed by atoms with Gasteiger partial charge in [-0.05, 0) is 40.5 Å². The number of ether oxygens (including phenoxy) is 3. The van der Waals surface area contributed by atoms with Gasteiger partial charge in [-0.25, -0.2) is 9.59 Å². The van der Waals surface area contributed by atoms with Gasteiger partial charge in [0.1, 0.15) is 6.61 Å². The third-order valence-electron chi connectivity index (χ3n) is 5.35. The third kappa shape index (κ3) is 19.7. The fraction of sp³-hybridized carbons (Fsp3) is 0.846. The van der Waals surface area contributed by atoms with Gasteiger partial charge >= 0.3 is 20.9 Å². The number of hydrogen-bond acceptors (Lipinski definition) is 8. The summed E-state index contributed by atoms with van der Waals surface area (Å²) in [4.78, 5) is 22.7. The van der Waals surface area contributed by atoms with Gasteiger partial charge in [-0.3, -0.25) is 0 Å². The van der Waals surface area contributed by atoms with Crippen molar-refractivity contribution in [3.63, 3.8) is 0 Å². The molecule has 0 aromatic carbocycles. The molecule has 1 atom stereocenters. The van der Waals surface area contributed by atoms with Crippen LogP contribution in [0.5, 0.6) is 0 Å². The highest BCUT2D eigenvalue weighted by molar-refractivity contribution is 6.60. The summed E-state index contributed by atoms with van der Waals surface area (Å²) in [5, 5.41) is 2.65. The SMILES string of the molecule is C=CC(=O)OCC(C)OCCNC(=O)OCCCCCCCCCCC[Si](OCC)(OCC)OCC. The van der Waals surface area contributed by atoms with E-state index < -0.39 is 20.9 Å². The molecule has 36 heavy (non-hydrogen) atoms. The number of rotatable bonds is 25. The Bertz CT molecular complexity index is 547. The molecule has 212 valence electrons. The van der Waals surface area contributed by atoms with Gasteiger partial charge in [0.05, 0.1) is 19.3 Å². The number of carbonyl (C=O) groups is 2. The first-order chi connectivity index (χ1) is 17.4. The minimum atomic E-state index is -2.48. The van der Waals surface area contributed by atoms with Crippen molar-refractivity contribution in [2.75, 3.05) is 46.2 Å². The highest BCUT2D eigenvalue weighted by Crippen LogP contribution is 2.21. The van der Waals surface area contributed by atoms with Crippen LogP contribution in [-0.2, 0) is 32.3 Å². The molecule has 1 amide bonds. The van der Waals surface area contributed by atoms with E-state index >= 15 is 0 Å². The molecule has 1 unspecified atom stereocenters. The summed E-state index contributed by atoms with van der Waals surface area (Å²) in [6, 6.07) is 0.898. The molecule has 10 heteroatoms. The summed E-state index contributed by atoms with van der Waals surface area (Å²) in [7, 11) is -2.48. The van der Waals surface area contributed by atoms with Gasteiger partial charge in [0, 0.05) is 38.5 Å². The fourth-order valence-corrected chi connectivity index (χ4v) is 6.30. The van der Waals surface area contributed by atoms with Crippen LogP contribution in [0.15, 0.2) is 12.7 Å². The summed E-state index contributed by atoms with van der Waals surface area (Å²) in [6.45, 7) is 14.2. The van der Waals surface area contributed by atoms with Crippen molar-refractivity contribution in [2.24, 2.45) is 0 Å². The first-order valence-electron chi connectivity index (χ1n) is 13.7. The van der Waals surface area contributed by atoms with Gasteiger partial charge in [0.2, 0.25) is 0 Å². The molecule has 0 spiro atoms. The maximum atomic E-state index is 11.7. The molecular formula is C26H51NO8Si. The van der Waals surface area contributed by atoms with E-state index in [0.29, 0.717) is 39.6 Å². The molecule has 0 aromatic heterocycles. The third-order valence-corrected chi connectivity index (χ3v) is 8.51. The van der Waals surface area contributed by atoms with Crippen LogP contribution in [0.3, 0.4) is 0 Å². The molecule has 0 heterocycles. The van der Waals surface area contributed by atoms with E-state index in [1.807, 2.05) is 20.8 Å². The van der Waals surface area contributed by atoms with E-state index in [1.165, 1.54) is 32.1 Å². The fourth-order valence-electron chi connectivity index (χ4n) is 3.62. The van der Waals surface area contributed by atoms with E-state index in [1.54, 1.807) is 6.92 Å². The number of nitrogens with one attached hydrogen (secondary N) is 1. The van der Waals surface area contributed by atoms with E-state index in [0.717, 1.165) is 37.8 Å². The zero-order valence-electron chi connectivity index (χ0n) is 23.1. The largest absolute Gasteiger partial charge is 0.500 e. The molecule has 0 aromatic rings. The number of unbranched alkanes of at least 4 members (excludes halogenated alkanes) is 8. The summed E-state index contributed by atoms with van der Waals surface area (Å²) >= 11 is 0. The lowest BCUT2D eigenvalue weighted by Crippen LogP contribution is -2.45. The van der Waals surface area contributed by atoms with E-state index in [4.69, 9.17) is 27.5 Å². The second-order valence-electron chi connectivity index (χ2n) is 8.49. The van der Waals surface area contributed by atoms with E-state index in [9.17, 15) is 9.59 Å². The molecule has 0 aliphatic carbocycles. The number of esters is 1. The van der Waals surface area contributed by atoms with Crippen LogP contribution in [-0.4, -0.2) is 73.2 Å². The number of amides is 1. The second-order valence-corrected chi connectivity index (χ2v) is 11.2. The van der Waals surface area contributed by atoms with Crippen LogP contribution in [0.25, 0.3) is 0 Å². The Kier molecular flexibility index (Phi) is 22.9. The quantitative estimate of drug-likeness (QED) is 0.0720. The van der Waals surface area contributed by atoms with Gasteiger partial charge in [-0.2, -0.15) is 0 Å². The predicted molar refractivity (Wildman–Crippen MR) is 143 cm³/mol. The van der Waals surface area contributed by atoms with Crippen molar-refractivity contribution in [1.82, 2.24) is 5.32 Å². The van der Waals surface area contributed by atoms with Crippen molar-refractivity contribution < 1.29 is 37.1 Å². The molecular weight excluding hydrogens is 482 g/mol. The molecule has 0 aliphatic rings. The number of carbonyl (C=O) groups excluding carboxylic acids is 2. The first-order valence-corrected chi connectivity index (χ1v) is 15.6. The smallest absolute Gasteiger partial charge is 0.460 e. The Balaban J connectivity index is 3.57. The molecule has 0 aliphatic heterocycles. The van der Waals surface area contributed by atoms with Crippen molar-refractivity contribution in [3.8, 4) is 0 Å². The molecule has 0 bridgehead atoms. The van der Waals surface area contributed by atoms with Gasteiger partial charge < -0.3 is 32.8 Å². The number of alkyl carbamates (subject to hydrolysis) is 1. The van der Waals surface area contributed by atoms with Gasteiger partial charge in [-0.15, -0.1) is 0 Å². The predicted octanol–water partition coefficient (Wildman–Crippen LogP) is 5.41. The monoisotopic (exact) mass is 533 g/mol. The van der Waals surface area contributed by atoms with Crippen molar-refractivity contribution >= 4 is 20.9 Å². The lowest BCUT2D eigenvalue weighted by molar-refractivity contribution is -0.141. The first kappa shape index (κ1) is 34.5. The van der Waals surface area contributed by atoms with Crippen LogP contribution >= 0.6 is 0 Å². The Labute approximate surface area is 219 Å². The van der Waals surface area contributed by atoms with Crippen LogP contribution in [0.1, 0.15) is 85.5 Å². The van der Waals surface area contributed by atoms with Crippen LogP contribution in [0, 0.1) is 0 Å². The Morgan fingerprint density at radius 3 is 1.86 bits per heavy atom. The standard InChI is InChI=1S/C26H51NO8Si/c1-6-25(28)32-23-24(5)30-21-19-27-26(29)31-20-17-15-13-11-10-12-14-16-18-22-36(33-7-2,34-8-3)35-9-4/h6,24H,1,7-23H2,2-5H3,(H,27,29). The zero-order chi connectivity index (χ0) is 26.9. The summed E-state index contributed by atoms with van der Waals surface area (Å²) in [5.74, 6) is -0.481. The summed E-state index contributed by atoms with van der Waals surface area (Å²) in [5.41, 5.74) is 0. The lowest BCUT2D eigenvalue weighted by Gasteiger charge is -2.28. The Hall–Kier alpha value is -1.46. The van der Waals surface area contributed by atoms with E-state index in [-0.39, 0.29) is 12.7 Å². The molecule has 0 fully saturated rings. The second kappa shape index (κ2) is 23.9. The Morgan fingerprint density at radius 1 is 0.806 bits per heavy atom. The molecule has 0 saturated carbocycles. The topological polar surface area (TPSA) is 102 Å². The number of hydrogen-bond donors (Lipinski definition) is 1. The van der Waals surface area contributed by atoms with Crippen molar-refractivity contribution in [1.29, 1.82) is 0 Å². The minimum Gasteiger partial charge on any atom is -0.460 e. The average molecular weight is 534 g/mol. The average Bonchev–Trinajstić information content (AvgIpc) is 2.86. The highest BCUT2D eigenvalue weighted by atomic mass is 28.4. The summed E-state index contributed by atoms with van der Waals surface area (Å²) in [6.07, 6.45) is 10.7. The zero-order valence-corrected chi connectivity index (χ0v) is 24.1. The van der Waals surface area contributed by atoms with Gasteiger partial charge in [0.25, 0.3) is 0 Å². The van der Waals surface area contributed by atoms with Crippen LogP contribution < -0.4 is 5.32 Å². The highest BCUT2D eigenvalue weighted by Gasteiger charge is 2.39. The normalized spacial score (nSPS) is 12.2. The maximum absolute atomic E-state index is 11.7. The molecule has 1 N–H and O–H groups in total. The maximum Gasteiger partial charge on any atom is 0.500 e. The van der Waals surface area contributed by atoms with Gasteiger partial charge in [0.15, 0.2) is 0 Å². The van der Waals surface area contributed by atoms with Crippen LogP contribution in [0.4, 0.5) is 4.79 Å². The molecule has 9 nitrogen and oxygen atoms in total. The van der Waals surface area contributed by atoms with Crippen molar-refractivity contribution in [2.45, 2.75) is 97.6 Å². The molecule has 0 saturated heterocycles. The van der Waals surface area contributed by atoms with Crippen LogP contribution in [0.2, 0.25) is 6.04 Å². The lowest BCUT2D eigenvalue weighted by atomic mass is 10.1. The van der Waals surface area contributed by atoms with Gasteiger partial charge in [-0.1, -0.05) is 51.5 Å². The minimum absolute atomic E-state index is 0.148. The van der Waals surface area contributed by atoms with E-state index in [2.05, 4.69) is 11.9 Å². The molecule has 0 radical (unpaired) electrons. The summed E-state index contributed by atoms with van der Waals surface area (Å²) < 4.78 is 33.2. The Morgan fingerprint density at radius 2 is 1.33 bits per heavy atom.